The first-order valence-corrected chi connectivity index (χ1v) is 10.6. The molecule has 0 N–H and O–H groups in total. The topological polar surface area (TPSA) is 87.5 Å². The number of carbonyl (C=O) groups excluding carboxylic acids is 1. The van der Waals surface area contributed by atoms with E-state index in [1.165, 1.54) is 18.2 Å². The van der Waals surface area contributed by atoms with Crippen LogP contribution < -0.4 is 4.74 Å². The van der Waals surface area contributed by atoms with E-state index in [1.807, 2.05) is 0 Å². The largest absolute Gasteiger partial charge is 0.480 e. The van der Waals surface area contributed by atoms with Crippen LogP contribution in [0.15, 0.2) is 39.9 Å². The third-order valence-corrected chi connectivity index (χ3v) is 7.56. The summed E-state index contributed by atoms with van der Waals surface area (Å²) in [5.41, 5.74) is -2.76. The first-order valence-electron chi connectivity index (χ1n) is 8.26. The van der Waals surface area contributed by atoms with Crippen LogP contribution in [0.2, 0.25) is 0 Å². The van der Waals surface area contributed by atoms with Gasteiger partial charge in [-0.3, -0.25) is 4.79 Å². The van der Waals surface area contributed by atoms with Gasteiger partial charge in [-0.2, -0.15) is 18.4 Å². The van der Waals surface area contributed by atoms with E-state index in [0.29, 0.717) is 10.4 Å². The zero-order valence-corrected chi connectivity index (χ0v) is 16.9. The van der Waals surface area contributed by atoms with Crippen LogP contribution >= 0.6 is 11.3 Å². The van der Waals surface area contributed by atoms with Gasteiger partial charge in [-0.15, -0.1) is 11.3 Å². The number of nitriles is 1. The predicted molar refractivity (Wildman–Crippen MR) is 97.6 cm³/mol. The number of alkyl halides is 3. The van der Waals surface area contributed by atoms with Crippen molar-refractivity contribution in [2.75, 3.05) is 6.54 Å². The monoisotopic (exact) mass is 444 g/mol. The van der Waals surface area contributed by atoms with Gasteiger partial charge in [-0.1, -0.05) is 19.9 Å². The van der Waals surface area contributed by atoms with Gasteiger partial charge in [0.2, 0.25) is 0 Å². The van der Waals surface area contributed by atoms with E-state index < -0.39 is 44.8 Å². The number of hydrogen-bond donors (Lipinski definition) is 0. The van der Waals surface area contributed by atoms with Crippen molar-refractivity contribution in [2.45, 2.75) is 30.3 Å². The molecule has 2 aromatic rings. The molecule has 29 heavy (non-hydrogen) atoms. The van der Waals surface area contributed by atoms with Crippen molar-refractivity contribution in [1.29, 1.82) is 5.26 Å². The maximum absolute atomic E-state index is 13.2. The molecule has 2 heterocycles. The van der Waals surface area contributed by atoms with Crippen LogP contribution in [0.4, 0.5) is 13.2 Å². The number of ether oxygens (including phenoxy) is 1. The van der Waals surface area contributed by atoms with Crippen LogP contribution in [0.25, 0.3) is 0 Å². The molecule has 11 heteroatoms. The van der Waals surface area contributed by atoms with Gasteiger partial charge in [0.05, 0.1) is 17.2 Å². The van der Waals surface area contributed by atoms with Gasteiger partial charge in [0.1, 0.15) is 9.96 Å². The van der Waals surface area contributed by atoms with E-state index in [-0.39, 0.29) is 16.5 Å². The van der Waals surface area contributed by atoms with Crippen LogP contribution in [-0.2, 0) is 21.0 Å². The molecule has 6 nitrogen and oxygen atoms in total. The maximum atomic E-state index is 13.2. The van der Waals surface area contributed by atoms with Crippen LogP contribution in [0.1, 0.15) is 25.0 Å². The molecule has 0 saturated carbocycles. The van der Waals surface area contributed by atoms with Crippen molar-refractivity contribution in [3.63, 3.8) is 0 Å². The SMILES string of the molecule is CC1(C)CN(S(=O)(=O)c2cccs2)C(=O)C1Oc1ccc(C#N)c(C(F)(F)F)c1. The Morgan fingerprint density at radius 2 is 2.00 bits per heavy atom. The Bertz CT molecular complexity index is 1090. The molecule has 0 bridgehead atoms. The predicted octanol–water partition coefficient (Wildman–Crippen LogP) is 3.64. The summed E-state index contributed by atoms with van der Waals surface area (Å²) in [6.07, 6.45) is -6.10. The highest BCUT2D eigenvalue weighted by atomic mass is 32.2. The molecule has 0 spiro atoms. The molecular weight excluding hydrogens is 429 g/mol. The summed E-state index contributed by atoms with van der Waals surface area (Å²) in [5, 5.41) is 10.4. The van der Waals surface area contributed by atoms with Crippen LogP contribution in [0, 0.1) is 16.7 Å². The number of sulfonamides is 1. The average molecular weight is 444 g/mol. The molecular formula is C18H15F3N2O4S2. The standard InChI is InChI=1S/C18H15F3N2O4S2/c1-17(2)10-23(29(25,26)14-4-3-7-28-14)16(24)15(17)27-12-6-5-11(9-22)13(8-12)18(19,20)21/h3-8,15H,10H2,1-2H3. The second kappa shape index (κ2) is 7.03. The number of benzene rings is 1. The highest BCUT2D eigenvalue weighted by Crippen LogP contribution is 2.39. The summed E-state index contributed by atoms with van der Waals surface area (Å²) in [6.45, 7) is 3.00. The minimum Gasteiger partial charge on any atom is -0.480 e. The Labute approximate surface area is 169 Å². The lowest BCUT2D eigenvalue weighted by molar-refractivity contribution is -0.137. The third-order valence-electron chi connectivity index (χ3n) is 4.44. The number of hydrogen-bond acceptors (Lipinski definition) is 6. The Hall–Kier alpha value is -2.58. The molecule has 154 valence electrons. The van der Waals surface area contributed by atoms with Crippen LogP contribution in [0.3, 0.4) is 0 Å². The third kappa shape index (κ3) is 3.82. The summed E-state index contributed by atoms with van der Waals surface area (Å²) in [7, 11) is -4.08. The van der Waals surface area contributed by atoms with Gasteiger partial charge >= 0.3 is 6.18 Å². The summed E-state index contributed by atoms with van der Waals surface area (Å²) < 4.78 is 71.2. The number of carbonyl (C=O) groups is 1. The lowest BCUT2D eigenvalue weighted by atomic mass is 9.89. The van der Waals surface area contributed by atoms with Crippen molar-refractivity contribution < 1.29 is 31.1 Å². The van der Waals surface area contributed by atoms with Crippen molar-refractivity contribution in [1.82, 2.24) is 4.31 Å². The van der Waals surface area contributed by atoms with Crippen molar-refractivity contribution >= 4 is 27.3 Å². The van der Waals surface area contributed by atoms with E-state index in [9.17, 15) is 26.4 Å². The zero-order valence-electron chi connectivity index (χ0n) is 15.2. The van der Waals surface area contributed by atoms with Crippen molar-refractivity contribution in [2.24, 2.45) is 5.41 Å². The fourth-order valence-electron chi connectivity index (χ4n) is 2.99. The van der Waals surface area contributed by atoms with Gasteiger partial charge in [0.15, 0.2) is 6.10 Å². The Morgan fingerprint density at radius 3 is 2.55 bits per heavy atom. The quantitative estimate of drug-likeness (QED) is 0.719. The fourth-order valence-corrected chi connectivity index (χ4v) is 5.67. The smallest absolute Gasteiger partial charge is 0.417 e. The number of rotatable bonds is 4. The first-order chi connectivity index (χ1) is 13.4. The molecule has 1 fully saturated rings. The van der Waals surface area contributed by atoms with Gasteiger partial charge < -0.3 is 4.74 Å². The Morgan fingerprint density at radius 1 is 1.31 bits per heavy atom. The molecule has 1 aliphatic heterocycles. The fraction of sp³-hybridized carbons (Fsp3) is 0.333. The van der Waals surface area contributed by atoms with E-state index >= 15 is 0 Å². The summed E-state index contributed by atoms with van der Waals surface area (Å²) in [6, 6.07) is 7.09. The van der Waals surface area contributed by atoms with E-state index in [1.54, 1.807) is 19.2 Å². The molecule has 1 saturated heterocycles. The number of nitrogens with zero attached hydrogens (tertiary/aromatic N) is 2. The molecule has 1 atom stereocenters. The van der Waals surface area contributed by atoms with Crippen LogP contribution in [-0.4, -0.2) is 31.3 Å². The highest BCUT2D eigenvalue weighted by Gasteiger charge is 2.53. The van der Waals surface area contributed by atoms with Crippen molar-refractivity contribution in [3.05, 3.63) is 46.8 Å². The molecule has 3 rings (SSSR count). The number of thiophene rings is 1. The minimum absolute atomic E-state index is 0.0139. The van der Waals surface area contributed by atoms with Gasteiger partial charge in [0.25, 0.3) is 15.9 Å². The van der Waals surface area contributed by atoms with Gasteiger partial charge in [0, 0.05) is 12.0 Å². The number of halogens is 3. The van der Waals surface area contributed by atoms with Crippen molar-refractivity contribution in [3.8, 4) is 11.8 Å². The number of amides is 1. The summed E-state index contributed by atoms with van der Waals surface area (Å²) in [5.74, 6) is -1.14. The molecule has 1 aliphatic rings. The molecule has 1 amide bonds. The molecule has 0 radical (unpaired) electrons. The lowest BCUT2D eigenvalue weighted by Gasteiger charge is -2.24. The average Bonchev–Trinajstić information content (AvgIpc) is 3.24. The summed E-state index contributed by atoms with van der Waals surface area (Å²) in [4.78, 5) is 12.8. The molecule has 1 unspecified atom stereocenters. The minimum atomic E-state index is -4.78. The summed E-state index contributed by atoms with van der Waals surface area (Å²) >= 11 is 0.955. The van der Waals surface area contributed by atoms with Gasteiger partial charge in [-0.25, -0.2) is 12.7 Å². The van der Waals surface area contributed by atoms with E-state index in [2.05, 4.69) is 0 Å². The molecule has 1 aromatic carbocycles. The van der Waals surface area contributed by atoms with Gasteiger partial charge in [-0.05, 0) is 29.6 Å². The highest BCUT2D eigenvalue weighted by molar-refractivity contribution is 7.91. The molecule has 1 aromatic heterocycles. The van der Waals surface area contributed by atoms with Crippen LogP contribution in [0.5, 0.6) is 5.75 Å². The Kier molecular flexibility index (Phi) is 5.13. The first kappa shape index (κ1) is 21.1. The molecule has 0 aliphatic carbocycles. The second-order valence-electron chi connectivity index (χ2n) is 7.09. The van der Waals surface area contributed by atoms with E-state index in [4.69, 9.17) is 10.00 Å². The zero-order chi connectivity index (χ0) is 21.6. The Balaban J connectivity index is 1.94. The lowest BCUT2D eigenvalue weighted by Crippen LogP contribution is -2.38. The second-order valence-corrected chi connectivity index (χ2v) is 10.1. The van der Waals surface area contributed by atoms with E-state index in [0.717, 1.165) is 23.5 Å². The normalized spacial score (nSPS) is 19.2. The maximum Gasteiger partial charge on any atom is 0.417 e.